The molecule has 0 aliphatic heterocycles. The molecule has 0 heterocycles. The molecule has 0 aromatic carbocycles. The zero-order chi connectivity index (χ0) is 18.8. The lowest BCUT2D eigenvalue weighted by molar-refractivity contribution is -0.263. The van der Waals surface area contributed by atoms with Gasteiger partial charge < -0.3 is 4.74 Å². The van der Waals surface area contributed by atoms with Gasteiger partial charge >= 0.3 is 27.5 Å². The third-order valence-electron chi connectivity index (χ3n) is 5.68. The van der Waals surface area contributed by atoms with E-state index in [-0.39, 0.29) is 11.8 Å². The third kappa shape index (κ3) is 3.24. The summed E-state index contributed by atoms with van der Waals surface area (Å²) in [4.78, 5) is 12.2. The number of carbonyl (C=O) groups excluding carboxylic acids is 1. The SMILES string of the molecule is O=C(OC(C(F)(F)F)C(F)(F)S(=O)(=O)O)C1C2CC3CC(C2)CC1C3. The number of alkyl halides is 5. The fourth-order valence-corrected chi connectivity index (χ4v) is 5.42. The van der Waals surface area contributed by atoms with Gasteiger partial charge in [0.1, 0.15) is 0 Å². The van der Waals surface area contributed by atoms with Crippen LogP contribution in [-0.4, -0.2) is 36.5 Å². The first-order valence-corrected chi connectivity index (χ1v) is 9.36. The summed E-state index contributed by atoms with van der Waals surface area (Å²) in [7, 11) is -6.41. The van der Waals surface area contributed by atoms with Crippen LogP contribution in [0.3, 0.4) is 0 Å². The molecule has 1 unspecified atom stereocenters. The Morgan fingerprint density at radius 3 is 1.76 bits per heavy atom. The van der Waals surface area contributed by atoms with Gasteiger partial charge in [0.15, 0.2) is 0 Å². The quantitative estimate of drug-likeness (QED) is 0.452. The minimum absolute atomic E-state index is 0.225. The molecule has 25 heavy (non-hydrogen) atoms. The van der Waals surface area contributed by atoms with Crippen molar-refractivity contribution in [3.63, 3.8) is 0 Å². The van der Waals surface area contributed by atoms with E-state index in [4.69, 9.17) is 4.55 Å². The molecule has 0 amide bonds. The lowest BCUT2D eigenvalue weighted by Crippen LogP contribution is -2.55. The molecule has 144 valence electrons. The molecule has 4 saturated carbocycles. The lowest BCUT2D eigenvalue weighted by Gasteiger charge is -2.53. The van der Waals surface area contributed by atoms with Crippen LogP contribution in [0.1, 0.15) is 32.1 Å². The van der Waals surface area contributed by atoms with Gasteiger partial charge in [0.05, 0.1) is 5.92 Å². The highest BCUT2D eigenvalue weighted by molar-refractivity contribution is 7.86. The summed E-state index contributed by atoms with van der Waals surface area (Å²) in [5.41, 5.74) is 0. The Balaban J connectivity index is 1.82. The Morgan fingerprint density at radius 2 is 1.40 bits per heavy atom. The second-order valence-electron chi connectivity index (χ2n) is 7.35. The second-order valence-corrected chi connectivity index (χ2v) is 8.85. The van der Waals surface area contributed by atoms with Crippen LogP contribution in [0.15, 0.2) is 0 Å². The van der Waals surface area contributed by atoms with E-state index in [1.165, 1.54) is 0 Å². The Morgan fingerprint density at radius 1 is 0.960 bits per heavy atom. The minimum Gasteiger partial charge on any atom is -0.444 e. The number of carbonyl (C=O) groups is 1. The summed E-state index contributed by atoms with van der Waals surface area (Å²) >= 11 is 0. The first kappa shape index (κ1) is 18.8. The Kier molecular flexibility index (Phi) is 4.34. The molecule has 5 nitrogen and oxygen atoms in total. The minimum atomic E-state index is -6.41. The van der Waals surface area contributed by atoms with E-state index in [9.17, 15) is 35.2 Å². The first-order chi connectivity index (χ1) is 11.3. The fourth-order valence-electron chi connectivity index (χ4n) is 4.97. The summed E-state index contributed by atoms with van der Waals surface area (Å²) < 4.78 is 99.5. The van der Waals surface area contributed by atoms with Crippen molar-refractivity contribution in [3.8, 4) is 0 Å². The highest BCUT2D eigenvalue weighted by Crippen LogP contribution is 2.57. The maximum absolute atomic E-state index is 13.5. The average Bonchev–Trinajstić information content (AvgIpc) is 2.40. The van der Waals surface area contributed by atoms with Crippen molar-refractivity contribution in [3.05, 3.63) is 0 Å². The largest absolute Gasteiger partial charge is 0.444 e. The Bertz CT molecular complexity index is 631. The molecule has 0 aromatic rings. The number of hydrogen-bond donors (Lipinski definition) is 1. The van der Waals surface area contributed by atoms with Crippen LogP contribution in [-0.2, 0) is 19.6 Å². The van der Waals surface area contributed by atoms with Crippen molar-refractivity contribution in [2.75, 3.05) is 0 Å². The van der Waals surface area contributed by atoms with E-state index >= 15 is 0 Å². The van der Waals surface area contributed by atoms with Crippen molar-refractivity contribution in [2.24, 2.45) is 29.6 Å². The Labute approximate surface area is 140 Å². The number of ether oxygens (including phenoxy) is 1. The van der Waals surface area contributed by atoms with Crippen LogP contribution in [0.4, 0.5) is 22.0 Å². The topological polar surface area (TPSA) is 80.7 Å². The molecule has 4 aliphatic carbocycles. The second kappa shape index (κ2) is 5.77. The number of hydrogen-bond acceptors (Lipinski definition) is 4. The third-order valence-corrected chi connectivity index (χ3v) is 6.58. The van der Waals surface area contributed by atoms with E-state index in [2.05, 4.69) is 4.74 Å². The molecule has 0 spiro atoms. The predicted octanol–water partition coefficient (Wildman–Crippen LogP) is 3.01. The maximum Gasteiger partial charge on any atom is 0.432 e. The van der Waals surface area contributed by atoms with Gasteiger partial charge in [-0.2, -0.15) is 30.4 Å². The van der Waals surface area contributed by atoms with Gasteiger partial charge in [0.25, 0.3) is 6.10 Å². The van der Waals surface area contributed by atoms with Crippen molar-refractivity contribution < 1.29 is 44.5 Å². The van der Waals surface area contributed by atoms with Crippen LogP contribution >= 0.6 is 0 Å². The van der Waals surface area contributed by atoms with Gasteiger partial charge in [-0.3, -0.25) is 9.35 Å². The monoisotopic (exact) mass is 392 g/mol. The van der Waals surface area contributed by atoms with Gasteiger partial charge in [0, 0.05) is 0 Å². The normalized spacial score (nSPS) is 36.3. The van der Waals surface area contributed by atoms with Crippen molar-refractivity contribution >= 4 is 16.1 Å². The molecule has 0 radical (unpaired) electrons. The van der Waals surface area contributed by atoms with E-state index < -0.39 is 39.5 Å². The number of rotatable bonds is 4. The molecular weight excluding hydrogens is 375 g/mol. The highest BCUT2D eigenvalue weighted by Gasteiger charge is 2.66. The van der Waals surface area contributed by atoms with Crippen LogP contribution in [0.5, 0.6) is 0 Å². The molecule has 4 rings (SSSR count). The molecule has 4 bridgehead atoms. The van der Waals surface area contributed by atoms with Gasteiger partial charge in [-0.25, -0.2) is 0 Å². The standard InChI is InChI=1S/C14H17F5O5S/c15-13(16,17)12(14(18,19)25(21,22)23)24-11(20)10-8-2-6-1-7(4-8)5-9(10)3-6/h6-10,12H,1-5H2,(H,21,22,23). The molecule has 4 aliphatic rings. The summed E-state index contributed by atoms with van der Waals surface area (Å²) in [5.74, 6) is -2.06. The van der Waals surface area contributed by atoms with Crippen molar-refractivity contribution in [2.45, 2.75) is 49.6 Å². The van der Waals surface area contributed by atoms with Crippen LogP contribution in [0.2, 0.25) is 0 Å². The molecular formula is C14H17F5O5S. The van der Waals surface area contributed by atoms with Gasteiger partial charge in [0.2, 0.25) is 0 Å². The zero-order valence-electron chi connectivity index (χ0n) is 12.9. The van der Waals surface area contributed by atoms with E-state index in [1.807, 2.05) is 0 Å². The summed E-state index contributed by atoms with van der Waals surface area (Å²) in [6.45, 7) is 0. The van der Waals surface area contributed by atoms with Gasteiger partial charge in [-0.1, -0.05) is 0 Å². The maximum atomic E-state index is 13.5. The summed E-state index contributed by atoms with van der Waals surface area (Å²) in [6.07, 6.45) is -6.52. The highest BCUT2D eigenvalue weighted by atomic mass is 32.2. The number of esters is 1. The lowest BCUT2D eigenvalue weighted by atomic mass is 9.52. The van der Waals surface area contributed by atoms with Crippen LogP contribution < -0.4 is 0 Å². The zero-order valence-corrected chi connectivity index (χ0v) is 13.7. The molecule has 4 fully saturated rings. The van der Waals surface area contributed by atoms with Crippen molar-refractivity contribution in [1.82, 2.24) is 0 Å². The average molecular weight is 392 g/mol. The first-order valence-electron chi connectivity index (χ1n) is 7.92. The smallest absolute Gasteiger partial charge is 0.432 e. The predicted molar refractivity (Wildman–Crippen MR) is 73.0 cm³/mol. The molecule has 0 saturated heterocycles. The number of halogens is 5. The van der Waals surface area contributed by atoms with Crippen molar-refractivity contribution in [1.29, 1.82) is 0 Å². The van der Waals surface area contributed by atoms with E-state index in [1.54, 1.807) is 0 Å². The summed E-state index contributed by atoms with van der Waals surface area (Å²) in [6, 6.07) is 0. The Hall–Kier alpha value is -0.970. The van der Waals surface area contributed by atoms with E-state index in [0.717, 1.165) is 6.42 Å². The molecule has 0 aromatic heterocycles. The molecule has 1 N–H and O–H groups in total. The fraction of sp³-hybridized carbons (Fsp3) is 0.929. The van der Waals surface area contributed by atoms with E-state index in [0.29, 0.717) is 37.5 Å². The molecule has 1 atom stereocenters. The molecule has 11 heteroatoms. The van der Waals surface area contributed by atoms with Gasteiger partial charge in [-0.05, 0) is 55.8 Å². The van der Waals surface area contributed by atoms with Crippen LogP contribution in [0.25, 0.3) is 0 Å². The van der Waals surface area contributed by atoms with Gasteiger partial charge in [-0.15, -0.1) is 0 Å². The van der Waals surface area contributed by atoms with Crippen LogP contribution in [0, 0.1) is 29.6 Å². The summed E-state index contributed by atoms with van der Waals surface area (Å²) in [5, 5.41) is -5.67.